The Morgan fingerprint density at radius 3 is 2.32 bits per heavy atom. The molecule has 5 rings (SSSR count). The van der Waals surface area contributed by atoms with Gasteiger partial charge < -0.3 is 24.0 Å². The molecule has 1 atom stereocenters. The van der Waals surface area contributed by atoms with Crippen molar-refractivity contribution in [3.63, 3.8) is 0 Å². The number of hydrogen-bond donors (Lipinski definition) is 0. The number of amides is 1. The van der Waals surface area contributed by atoms with E-state index >= 15 is 0 Å². The lowest BCUT2D eigenvalue weighted by atomic mass is 9.98. The van der Waals surface area contributed by atoms with Crippen LogP contribution in [0.2, 0.25) is 0 Å². The van der Waals surface area contributed by atoms with Crippen LogP contribution in [0.25, 0.3) is 10.8 Å². The van der Waals surface area contributed by atoms with Crippen molar-refractivity contribution in [2.24, 2.45) is 5.92 Å². The van der Waals surface area contributed by atoms with E-state index < -0.39 is 0 Å². The number of benzene rings is 3. The second-order valence-corrected chi connectivity index (χ2v) is 10.0. The molecular formula is C30H37N3O4. The number of anilines is 1. The Balaban J connectivity index is 1.08. The highest BCUT2D eigenvalue weighted by molar-refractivity contribution is 5.83. The van der Waals surface area contributed by atoms with E-state index in [0.29, 0.717) is 25.6 Å². The molecule has 7 heteroatoms. The minimum atomic E-state index is -0.200. The van der Waals surface area contributed by atoms with Gasteiger partial charge in [0.15, 0.2) is 0 Å². The summed E-state index contributed by atoms with van der Waals surface area (Å²) in [4.78, 5) is 19.4. The molecule has 0 spiro atoms. The third-order valence-corrected chi connectivity index (χ3v) is 7.50. The number of carbonyl (C=O) groups is 1. The maximum atomic E-state index is 12.8. The van der Waals surface area contributed by atoms with Crippen LogP contribution in [0.5, 0.6) is 11.5 Å². The first-order chi connectivity index (χ1) is 18.1. The molecule has 3 aromatic rings. The van der Waals surface area contributed by atoms with E-state index in [9.17, 15) is 4.79 Å². The van der Waals surface area contributed by atoms with Gasteiger partial charge in [-0.05, 0) is 41.8 Å². The molecule has 1 unspecified atom stereocenters. The van der Waals surface area contributed by atoms with Gasteiger partial charge in [-0.3, -0.25) is 4.90 Å². The number of fused-ring (bicyclic) bond motifs is 1. The van der Waals surface area contributed by atoms with Crippen LogP contribution in [0.1, 0.15) is 18.4 Å². The molecule has 0 N–H and O–H groups in total. The van der Waals surface area contributed by atoms with Gasteiger partial charge in [-0.25, -0.2) is 4.79 Å². The first kappa shape index (κ1) is 25.2. The number of ether oxygens (including phenoxy) is 3. The maximum Gasteiger partial charge on any atom is 0.409 e. The van der Waals surface area contributed by atoms with Crippen molar-refractivity contribution in [3.05, 3.63) is 66.2 Å². The zero-order valence-corrected chi connectivity index (χ0v) is 21.9. The van der Waals surface area contributed by atoms with Gasteiger partial charge in [-0.1, -0.05) is 36.4 Å². The molecule has 196 valence electrons. The fourth-order valence-electron chi connectivity index (χ4n) is 5.43. The van der Waals surface area contributed by atoms with Crippen LogP contribution in [-0.2, 0) is 11.3 Å². The quantitative estimate of drug-likeness (QED) is 0.451. The highest BCUT2D eigenvalue weighted by Gasteiger charge is 2.26. The lowest BCUT2D eigenvalue weighted by Gasteiger charge is -2.36. The fourth-order valence-corrected chi connectivity index (χ4v) is 5.43. The summed E-state index contributed by atoms with van der Waals surface area (Å²) in [5, 5.41) is 2.56. The Kier molecular flexibility index (Phi) is 7.99. The van der Waals surface area contributed by atoms with Crippen molar-refractivity contribution >= 4 is 22.6 Å². The molecule has 7 nitrogen and oxygen atoms in total. The Labute approximate surface area is 219 Å². The lowest BCUT2D eigenvalue weighted by molar-refractivity contribution is 0.0624. The zero-order chi connectivity index (χ0) is 25.6. The summed E-state index contributed by atoms with van der Waals surface area (Å²) in [6.45, 7) is 6.24. The number of piperidine rings is 1. The van der Waals surface area contributed by atoms with Crippen molar-refractivity contribution in [1.82, 2.24) is 9.80 Å². The van der Waals surface area contributed by atoms with E-state index in [1.165, 1.54) is 16.3 Å². The number of rotatable bonds is 7. The topological polar surface area (TPSA) is 54.5 Å². The molecule has 1 amide bonds. The Morgan fingerprint density at radius 1 is 0.865 bits per heavy atom. The van der Waals surface area contributed by atoms with E-state index in [2.05, 4.69) is 52.3 Å². The molecule has 2 aliphatic rings. The predicted molar refractivity (Wildman–Crippen MR) is 147 cm³/mol. The largest absolute Gasteiger partial charge is 0.497 e. The molecule has 0 radical (unpaired) electrons. The monoisotopic (exact) mass is 503 g/mol. The molecule has 0 saturated carbocycles. The van der Waals surface area contributed by atoms with Crippen LogP contribution in [0.4, 0.5) is 10.5 Å². The summed E-state index contributed by atoms with van der Waals surface area (Å²) >= 11 is 0. The molecule has 0 aliphatic carbocycles. The molecule has 0 aromatic heterocycles. The average Bonchev–Trinajstić information content (AvgIpc) is 2.96. The highest BCUT2D eigenvalue weighted by Crippen LogP contribution is 2.29. The first-order valence-corrected chi connectivity index (χ1v) is 13.2. The van der Waals surface area contributed by atoms with Crippen LogP contribution in [-0.4, -0.2) is 76.0 Å². The normalized spacial score (nSPS) is 18.6. The zero-order valence-electron chi connectivity index (χ0n) is 21.9. The maximum absolute atomic E-state index is 12.8. The molecular weight excluding hydrogens is 466 g/mol. The van der Waals surface area contributed by atoms with Gasteiger partial charge in [-0.15, -0.1) is 0 Å². The fraction of sp³-hybridized carbons (Fsp3) is 0.433. The van der Waals surface area contributed by atoms with Crippen LogP contribution >= 0.6 is 0 Å². The van der Waals surface area contributed by atoms with Crippen LogP contribution in [0, 0.1) is 5.92 Å². The van der Waals surface area contributed by atoms with Crippen LogP contribution in [0.15, 0.2) is 60.7 Å². The van der Waals surface area contributed by atoms with Gasteiger partial charge in [0.25, 0.3) is 0 Å². The molecule has 2 aliphatic heterocycles. The van der Waals surface area contributed by atoms with Gasteiger partial charge in [0.1, 0.15) is 11.5 Å². The van der Waals surface area contributed by atoms with E-state index in [1.807, 2.05) is 23.1 Å². The molecule has 0 bridgehead atoms. The number of likely N-dealkylation sites (tertiary alicyclic amines) is 1. The summed E-state index contributed by atoms with van der Waals surface area (Å²) in [5.74, 6) is 1.90. The third-order valence-electron chi connectivity index (χ3n) is 7.50. The van der Waals surface area contributed by atoms with Crippen molar-refractivity contribution in [2.45, 2.75) is 19.4 Å². The van der Waals surface area contributed by atoms with Crippen LogP contribution in [0.3, 0.4) is 0 Å². The minimum absolute atomic E-state index is 0.200. The van der Waals surface area contributed by atoms with E-state index in [-0.39, 0.29) is 6.09 Å². The molecule has 2 heterocycles. The number of piperazine rings is 1. The summed E-state index contributed by atoms with van der Waals surface area (Å²) in [7, 11) is 3.31. The summed E-state index contributed by atoms with van der Waals surface area (Å²) in [5.41, 5.74) is 2.38. The number of nitrogens with zero attached hydrogens (tertiary/aromatic N) is 3. The summed E-state index contributed by atoms with van der Waals surface area (Å²) in [6, 6.07) is 21.1. The number of hydrogen-bond acceptors (Lipinski definition) is 6. The minimum Gasteiger partial charge on any atom is -0.497 e. The lowest BCUT2D eigenvalue weighted by Crippen LogP contribution is -2.49. The van der Waals surface area contributed by atoms with Gasteiger partial charge in [0.05, 0.1) is 20.8 Å². The second-order valence-electron chi connectivity index (χ2n) is 10.0. The van der Waals surface area contributed by atoms with Crippen LogP contribution < -0.4 is 14.4 Å². The van der Waals surface area contributed by atoms with E-state index in [4.69, 9.17) is 14.2 Å². The SMILES string of the molecule is COc1cc(OC)cc(N2CCN(C(=O)OCC3CCCN(Cc4ccc5ccccc5c4)C3)CC2)c1. The van der Waals surface area contributed by atoms with Gasteiger partial charge in [0, 0.05) is 69.1 Å². The van der Waals surface area contributed by atoms with Gasteiger partial charge >= 0.3 is 6.09 Å². The standard InChI is InChI=1S/C30H37N3O4/c1-35-28-17-27(18-29(19-28)36-2)32-12-14-33(15-13-32)30(34)37-22-24-6-5-11-31(21-24)20-23-9-10-25-7-3-4-8-26(25)16-23/h3-4,7-10,16-19,24H,5-6,11-15,20-22H2,1-2H3. The van der Waals surface area contributed by atoms with Crippen molar-refractivity contribution in [3.8, 4) is 11.5 Å². The number of methoxy groups -OCH3 is 2. The van der Waals surface area contributed by atoms with Gasteiger partial charge in [-0.2, -0.15) is 0 Å². The molecule has 37 heavy (non-hydrogen) atoms. The predicted octanol–water partition coefficient (Wildman–Crippen LogP) is 5.03. The van der Waals surface area contributed by atoms with E-state index in [1.54, 1.807) is 14.2 Å². The third kappa shape index (κ3) is 6.28. The molecule has 2 saturated heterocycles. The molecule has 3 aromatic carbocycles. The Hall–Kier alpha value is -3.45. The summed E-state index contributed by atoms with van der Waals surface area (Å²) in [6.07, 6.45) is 2.04. The van der Waals surface area contributed by atoms with Gasteiger partial charge in [0.2, 0.25) is 0 Å². The first-order valence-electron chi connectivity index (χ1n) is 13.2. The highest BCUT2D eigenvalue weighted by atomic mass is 16.6. The summed E-state index contributed by atoms with van der Waals surface area (Å²) < 4.78 is 16.6. The number of carbonyl (C=O) groups excluding carboxylic acids is 1. The van der Waals surface area contributed by atoms with Crippen molar-refractivity contribution in [1.29, 1.82) is 0 Å². The smallest absolute Gasteiger partial charge is 0.409 e. The average molecular weight is 504 g/mol. The second kappa shape index (κ2) is 11.7. The van der Waals surface area contributed by atoms with Crippen molar-refractivity contribution in [2.75, 3.05) is 65.0 Å². The van der Waals surface area contributed by atoms with Crippen molar-refractivity contribution < 1.29 is 19.0 Å². The van der Waals surface area contributed by atoms with E-state index in [0.717, 1.165) is 62.8 Å². The molecule has 2 fully saturated rings. The Bertz CT molecular complexity index is 1190. The Morgan fingerprint density at radius 2 is 1.59 bits per heavy atom.